The van der Waals surface area contributed by atoms with E-state index in [0.29, 0.717) is 16.5 Å². The summed E-state index contributed by atoms with van der Waals surface area (Å²) in [7, 11) is 0. The summed E-state index contributed by atoms with van der Waals surface area (Å²) in [5.41, 5.74) is 6.10. The number of primary amides is 1. The SMILES string of the molecule is NC(=O)CC1(c2ccc(Cl)cc2Cl)CC1. The largest absolute Gasteiger partial charge is 0.370 e. The Morgan fingerprint density at radius 3 is 2.53 bits per heavy atom. The standard InChI is InChI=1S/C11H11Cl2NO/c12-7-1-2-8(9(13)5-7)11(3-4-11)6-10(14)15/h1-2,5H,3-4,6H2,(H2,14,15). The second-order valence-corrected chi connectivity index (χ2v) is 4.89. The Hall–Kier alpha value is -0.730. The van der Waals surface area contributed by atoms with Crippen LogP contribution in [0, 0.1) is 0 Å². The molecule has 1 aromatic carbocycles. The lowest BCUT2D eigenvalue weighted by Crippen LogP contribution is -2.20. The average Bonchev–Trinajstić information content (AvgIpc) is 2.83. The van der Waals surface area contributed by atoms with Crippen molar-refractivity contribution >= 4 is 29.1 Å². The molecule has 1 aliphatic carbocycles. The molecule has 0 atom stereocenters. The Morgan fingerprint density at radius 2 is 2.07 bits per heavy atom. The van der Waals surface area contributed by atoms with Gasteiger partial charge in [0, 0.05) is 21.9 Å². The summed E-state index contributed by atoms with van der Waals surface area (Å²) >= 11 is 11.9. The second-order valence-electron chi connectivity index (χ2n) is 4.05. The lowest BCUT2D eigenvalue weighted by atomic mass is 9.92. The van der Waals surface area contributed by atoms with Gasteiger partial charge in [-0.15, -0.1) is 0 Å². The molecule has 2 nitrogen and oxygen atoms in total. The van der Waals surface area contributed by atoms with E-state index in [1.165, 1.54) is 0 Å². The third-order valence-corrected chi connectivity index (χ3v) is 3.42. The first-order chi connectivity index (χ1) is 7.03. The number of halogens is 2. The molecule has 1 saturated carbocycles. The molecule has 0 heterocycles. The van der Waals surface area contributed by atoms with Crippen LogP contribution in [-0.4, -0.2) is 5.91 Å². The van der Waals surface area contributed by atoms with E-state index in [-0.39, 0.29) is 11.3 Å². The molecule has 1 aliphatic rings. The predicted molar refractivity (Wildman–Crippen MR) is 61.2 cm³/mol. The van der Waals surface area contributed by atoms with Crippen LogP contribution in [-0.2, 0) is 10.2 Å². The van der Waals surface area contributed by atoms with Crippen LogP contribution in [0.4, 0.5) is 0 Å². The molecule has 0 radical (unpaired) electrons. The molecular weight excluding hydrogens is 233 g/mol. The maximum absolute atomic E-state index is 11.0. The summed E-state index contributed by atoms with van der Waals surface area (Å²) in [5, 5.41) is 1.24. The molecule has 0 spiro atoms. The van der Waals surface area contributed by atoms with Crippen molar-refractivity contribution in [3.63, 3.8) is 0 Å². The van der Waals surface area contributed by atoms with Gasteiger partial charge in [-0.25, -0.2) is 0 Å². The number of benzene rings is 1. The zero-order valence-corrected chi connectivity index (χ0v) is 9.61. The van der Waals surface area contributed by atoms with Crippen molar-refractivity contribution in [1.82, 2.24) is 0 Å². The second kappa shape index (κ2) is 3.69. The van der Waals surface area contributed by atoms with Crippen LogP contribution in [0.1, 0.15) is 24.8 Å². The van der Waals surface area contributed by atoms with Crippen LogP contribution in [0.25, 0.3) is 0 Å². The van der Waals surface area contributed by atoms with Gasteiger partial charge in [-0.05, 0) is 30.5 Å². The van der Waals surface area contributed by atoms with Gasteiger partial charge in [0.1, 0.15) is 0 Å². The average molecular weight is 244 g/mol. The van der Waals surface area contributed by atoms with Crippen LogP contribution in [0.15, 0.2) is 18.2 Å². The number of amides is 1. The molecule has 2 N–H and O–H groups in total. The first-order valence-corrected chi connectivity index (χ1v) is 5.53. The fourth-order valence-corrected chi connectivity index (χ4v) is 2.55. The van der Waals surface area contributed by atoms with Gasteiger partial charge in [0.25, 0.3) is 0 Å². The Labute approximate surface area is 98.4 Å². The van der Waals surface area contributed by atoms with Crippen LogP contribution in [0.5, 0.6) is 0 Å². The Morgan fingerprint density at radius 1 is 1.40 bits per heavy atom. The van der Waals surface area contributed by atoms with Gasteiger partial charge in [-0.3, -0.25) is 4.79 Å². The number of nitrogens with two attached hydrogens (primary N) is 1. The van der Waals surface area contributed by atoms with Crippen LogP contribution < -0.4 is 5.73 Å². The van der Waals surface area contributed by atoms with Crippen molar-refractivity contribution in [2.45, 2.75) is 24.7 Å². The molecule has 4 heteroatoms. The van der Waals surface area contributed by atoms with Gasteiger partial charge in [-0.2, -0.15) is 0 Å². The molecule has 2 rings (SSSR count). The lowest BCUT2D eigenvalue weighted by molar-refractivity contribution is -0.118. The van der Waals surface area contributed by atoms with Crippen molar-refractivity contribution in [3.05, 3.63) is 33.8 Å². The van der Waals surface area contributed by atoms with Crippen molar-refractivity contribution in [1.29, 1.82) is 0 Å². The minimum absolute atomic E-state index is 0.118. The van der Waals surface area contributed by atoms with E-state index >= 15 is 0 Å². The van der Waals surface area contributed by atoms with Crippen molar-refractivity contribution in [2.75, 3.05) is 0 Å². The number of carbonyl (C=O) groups excluding carboxylic acids is 1. The highest BCUT2D eigenvalue weighted by Crippen LogP contribution is 2.53. The van der Waals surface area contributed by atoms with E-state index in [9.17, 15) is 4.79 Å². The molecule has 15 heavy (non-hydrogen) atoms. The van der Waals surface area contributed by atoms with E-state index in [1.807, 2.05) is 6.07 Å². The highest BCUT2D eigenvalue weighted by Gasteiger charge is 2.46. The zero-order valence-electron chi connectivity index (χ0n) is 8.09. The maximum atomic E-state index is 11.0. The van der Waals surface area contributed by atoms with Gasteiger partial charge in [0.15, 0.2) is 0 Å². The minimum atomic E-state index is -0.279. The predicted octanol–water partition coefficient (Wildman–Crippen LogP) is 2.90. The first kappa shape index (κ1) is 10.8. The normalized spacial score (nSPS) is 17.5. The fourth-order valence-electron chi connectivity index (χ4n) is 1.95. The summed E-state index contributed by atoms with van der Waals surface area (Å²) in [4.78, 5) is 11.0. The summed E-state index contributed by atoms with van der Waals surface area (Å²) in [6.07, 6.45) is 2.31. The Bertz CT molecular complexity index is 413. The molecular formula is C11H11Cl2NO. The minimum Gasteiger partial charge on any atom is -0.370 e. The van der Waals surface area contributed by atoms with Crippen LogP contribution >= 0.6 is 23.2 Å². The van der Waals surface area contributed by atoms with Crippen molar-refractivity contribution in [2.24, 2.45) is 5.73 Å². The number of hydrogen-bond acceptors (Lipinski definition) is 1. The van der Waals surface area contributed by atoms with Gasteiger partial charge in [0.2, 0.25) is 5.91 Å². The molecule has 0 saturated heterocycles. The number of hydrogen-bond donors (Lipinski definition) is 1. The molecule has 0 aliphatic heterocycles. The van der Waals surface area contributed by atoms with E-state index < -0.39 is 0 Å². The maximum Gasteiger partial charge on any atom is 0.218 e. The number of rotatable bonds is 3. The van der Waals surface area contributed by atoms with Crippen LogP contribution in [0.2, 0.25) is 10.0 Å². The molecule has 1 amide bonds. The van der Waals surface area contributed by atoms with Crippen molar-refractivity contribution in [3.8, 4) is 0 Å². The first-order valence-electron chi connectivity index (χ1n) is 4.77. The summed E-state index contributed by atoms with van der Waals surface area (Å²) < 4.78 is 0. The summed E-state index contributed by atoms with van der Waals surface area (Å²) in [6, 6.07) is 5.39. The van der Waals surface area contributed by atoms with E-state index in [0.717, 1.165) is 18.4 Å². The summed E-state index contributed by atoms with van der Waals surface area (Å²) in [5.74, 6) is -0.279. The topological polar surface area (TPSA) is 43.1 Å². The van der Waals surface area contributed by atoms with Gasteiger partial charge >= 0.3 is 0 Å². The lowest BCUT2D eigenvalue weighted by Gasteiger charge is -2.15. The Balaban J connectivity index is 2.33. The van der Waals surface area contributed by atoms with Crippen molar-refractivity contribution < 1.29 is 4.79 Å². The van der Waals surface area contributed by atoms with Gasteiger partial charge in [-0.1, -0.05) is 29.3 Å². The van der Waals surface area contributed by atoms with Gasteiger partial charge < -0.3 is 5.73 Å². The molecule has 80 valence electrons. The van der Waals surface area contributed by atoms with E-state index in [4.69, 9.17) is 28.9 Å². The quantitative estimate of drug-likeness (QED) is 0.872. The molecule has 1 aromatic rings. The monoisotopic (exact) mass is 243 g/mol. The summed E-state index contributed by atoms with van der Waals surface area (Å²) in [6.45, 7) is 0. The molecule has 0 bridgehead atoms. The third kappa shape index (κ3) is 2.11. The molecule has 0 aromatic heterocycles. The van der Waals surface area contributed by atoms with E-state index in [1.54, 1.807) is 12.1 Å². The smallest absolute Gasteiger partial charge is 0.218 e. The third-order valence-electron chi connectivity index (χ3n) is 2.87. The van der Waals surface area contributed by atoms with Crippen LogP contribution in [0.3, 0.4) is 0 Å². The Kier molecular flexibility index (Phi) is 2.65. The molecule has 0 unspecified atom stereocenters. The number of carbonyl (C=O) groups is 1. The van der Waals surface area contributed by atoms with Gasteiger partial charge in [0.05, 0.1) is 0 Å². The highest BCUT2D eigenvalue weighted by molar-refractivity contribution is 6.35. The van der Waals surface area contributed by atoms with E-state index in [2.05, 4.69) is 0 Å². The molecule has 1 fully saturated rings. The highest BCUT2D eigenvalue weighted by atomic mass is 35.5. The fraction of sp³-hybridized carbons (Fsp3) is 0.364. The zero-order chi connectivity index (χ0) is 11.1.